The van der Waals surface area contributed by atoms with Crippen LogP contribution >= 0.6 is 0 Å². The highest BCUT2D eigenvalue weighted by atomic mass is 19.1. The van der Waals surface area contributed by atoms with Gasteiger partial charge in [0.1, 0.15) is 11.6 Å². The number of hydrogen-bond donors (Lipinski definition) is 0. The van der Waals surface area contributed by atoms with Crippen LogP contribution in [0.2, 0.25) is 0 Å². The molecule has 0 aromatic heterocycles. The molecule has 12 rings (SSSR count). The number of anilines is 6. The molecule has 0 spiro atoms. The fourth-order valence-corrected chi connectivity index (χ4v) is 11.0. The van der Waals surface area contributed by atoms with Crippen LogP contribution < -0.4 is 9.80 Å². The smallest absolute Gasteiger partial charge is 0.148 e. The molecule has 0 heterocycles. The van der Waals surface area contributed by atoms with Crippen molar-refractivity contribution in [3.63, 3.8) is 0 Å². The van der Waals surface area contributed by atoms with Crippen LogP contribution in [0, 0.1) is 39.3 Å². The van der Waals surface area contributed by atoms with E-state index in [1.54, 1.807) is 12.1 Å². The number of aryl methyl sites for hydroxylation is 4. The van der Waals surface area contributed by atoms with Crippen molar-refractivity contribution in [2.45, 2.75) is 27.7 Å². The molecule has 0 atom stereocenters. The van der Waals surface area contributed by atoms with E-state index in [0.29, 0.717) is 11.4 Å². The van der Waals surface area contributed by atoms with E-state index < -0.39 is 0 Å². The highest BCUT2D eigenvalue weighted by Gasteiger charge is 2.29. The summed E-state index contributed by atoms with van der Waals surface area (Å²) in [6.45, 7) is 8.32. The molecule has 12 aromatic rings. The summed E-state index contributed by atoms with van der Waals surface area (Å²) in [5.41, 5.74) is 15.6. The number of halogens is 2. The SMILES string of the molecule is Cc1ccccc1-c1cc(F)c(N(c2ccccc2)c2ccc3ccc4c(N(c5ccccc5)c5c(F)cc(-c6ccccc6C)cc5-c5ccccc5C)ccc5ccc2c3c54)c(-c2ccccc2C)c1. The highest BCUT2D eigenvalue weighted by Crippen LogP contribution is 2.52. The van der Waals surface area contributed by atoms with Crippen LogP contribution in [0.15, 0.2) is 231 Å². The summed E-state index contributed by atoms with van der Waals surface area (Å²) >= 11 is 0. The van der Waals surface area contributed by atoms with E-state index in [1.165, 1.54) is 0 Å². The van der Waals surface area contributed by atoms with Gasteiger partial charge in [-0.15, -0.1) is 0 Å². The van der Waals surface area contributed by atoms with Crippen LogP contribution in [0.3, 0.4) is 0 Å². The number of nitrogens with zero attached hydrogens (tertiary/aromatic N) is 2. The summed E-state index contributed by atoms with van der Waals surface area (Å²) in [5.74, 6) is -0.659. The van der Waals surface area contributed by atoms with E-state index in [2.05, 4.69) is 171 Å². The van der Waals surface area contributed by atoms with Crippen molar-refractivity contribution in [1.29, 1.82) is 0 Å². The molecule has 0 bridgehead atoms. The van der Waals surface area contributed by atoms with Gasteiger partial charge >= 0.3 is 0 Å². The molecule has 0 saturated carbocycles. The molecule has 0 aliphatic carbocycles. The molecule has 4 heteroatoms. The minimum absolute atomic E-state index is 0.329. The lowest BCUT2D eigenvalue weighted by atomic mass is 9.90. The Kier molecular flexibility index (Phi) is 11.2. The lowest BCUT2D eigenvalue weighted by Crippen LogP contribution is -2.15. The summed E-state index contributed by atoms with van der Waals surface area (Å²) in [4.78, 5) is 4.20. The maximum Gasteiger partial charge on any atom is 0.148 e. The Hall–Kier alpha value is -8.86. The minimum atomic E-state index is -0.329. The molecule has 346 valence electrons. The molecule has 2 nitrogen and oxygen atoms in total. The normalized spacial score (nSPS) is 11.5. The summed E-state index contributed by atoms with van der Waals surface area (Å²) in [6, 6.07) is 77.9. The lowest BCUT2D eigenvalue weighted by Gasteiger charge is -2.32. The van der Waals surface area contributed by atoms with Crippen LogP contribution in [0.5, 0.6) is 0 Å². The largest absolute Gasteiger partial charge is 0.307 e. The van der Waals surface area contributed by atoms with Gasteiger partial charge in [-0.3, -0.25) is 0 Å². The zero-order valence-corrected chi connectivity index (χ0v) is 40.6. The van der Waals surface area contributed by atoms with Gasteiger partial charge in [-0.2, -0.15) is 0 Å². The molecule has 0 N–H and O–H groups in total. The molecule has 72 heavy (non-hydrogen) atoms. The number of benzene rings is 12. The summed E-state index contributed by atoms with van der Waals surface area (Å²) < 4.78 is 35.8. The standard InChI is InChI=1S/C68H50F2N2/c1-43-19-11-15-27-53(43)49-39-59(55-29-17-13-21-45(55)3)67(61(69)41-49)71(51-23-7-5-8-24-51)63-37-33-47-32-36-58-64(38-34-48-31-35-57(63)65(47)66(48)58)72(52-25-9-6-10-26-52)68-60(56-30-18-14-22-46(56)4)40-50(42-62(68)70)54-28-16-12-20-44(54)2/h5-42H,1-4H3. The highest BCUT2D eigenvalue weighted by molar-refractivity contribution is 6.28. The van der Waals surface area contributed by atoms with Crippen LogP contribution in [0.25, 0.3) is 76.8 Å². The first-order valence-electron chi connectivity index (χ1n) is 24.6. The maximum atomic E-state index is 17.9. The monoisotopic (exact) mass is 932 g/mol. The van der Waals surface area contributed by atoms with Crippen LogP contribution in [0.1, 0.15) is 22.3 Å². The minimum Gasteiger partial charge on any atom is -0.307 e. The Labute approximate surface area is 419 Å². The van der Waals surface area contributed by atoms with Gasteiger partial charge in [0.15, 0.2) is 0 Å². The fourth-order valence-electron chi connectivity index (χ4n) is 11.0. The third kappa shape index (κ3) is 7.55. The van der Waals surface area contributed by atoms with Gasteiger partial charge < -0.3 is 9.80 Å². The van der Waals surface area contributed by atoms with Crippen molar-refractivity contribution >= 4 is 66.4 Å². The average molecular weight is 933 g/mol. The average Bonchev–Trinajstić information content (AvgIpc) is 3.40. The molecule has 0 amide bonds. The zero-order chi connectivity index (χ0) is 49.0. The first kappa shape index (κ1) is 44.4. The third-order valence-electron chi connectivity index (χ3n) is 14.5. The van der Waals surface area contributed by atoms with Gasteiger partial charge in [-0.1, -0.05) is 170 Å². The Balaban J connectivity index is 1.13. The molecule has 0 aliphatic rings. The van der Waals surface area contributed by atoms with E-state index in [0.717, 1.165) is 122 Å². The quantitative estimate of drug-likeness (QED) is 0.126. The molecular formula is C68H50F2N2. The van der Waals surface area contributed by atoms with Crippen molar-refractivity contribution in [3.05, 3.63) is 264 Å². The van der Waals surface area contributed by atoms with E-state index in [9.17, 15) is 0 Å². The predicted molar refractivity (Wildman–Crippen MR) is 300 cm³/mol. The van der Waals surface area contributed by atoms with Crippen molar-refractivity contribution in [3.8, 4) is 44.5 Å². The molecule has 0 aliphatic heterocycles. The molecule has 0 radical (unpaired) electrons. The summed E-state index contributed by atoms with van der Waals surface area (Å²) in [5, 5.41) is 6.11. The molecule has 12 aromatic carbocycles. The molecular weight excluding hydrogens is 883 g/mol. The number of hydrogen-bond acceptors (Lipinski definition) is 2. The van der Waals surface area contributed by atoms with Crippen molar-refractivity contribution in [1.82, 2.24) is 0 Å². The van der Waals surface area contributed by atoms with Gasteiger partial charge in [-0.05, 0) is 166 Å². The van der Waals surface area contributed by atoms with Crippen molar-refractivity contribution in [2.24, 2.45) is 0 Å². The zero-order valence-electron chi connectivity index (χ0n) is 40.6. The maximum absolute atomic E-state index is 17.9. The number of rotatable bonds is 10. The Morgan fingerprint density at radius 2 is 0.611 bits per heavy atom. The van der Waals surface area contributed by atoms with E-state index in [1.807, 2.05) is 84.9 Å². The molecule has 0 unspecified atom stereocenters. The van der Waals surface area contributed by atoms with Gasteiger partial charge in [-0.25, -0.2) is 8.78 Å². The topological polar surface area (TPSA) is 6.48 Å². The van der Waals surface area contributed by atoms with Gasteiger partial charge in [0.05, 0.1) is 22.7 Å². The number of para-hydroxylation sites is 2. The summed E-state index contributed by atoms with van der Waals surface area (Å²) in [6.07, 6.45) is 0. The van der Waals surface area contributed by atoms with Crippen molar-refractivity contribution < 1.29 is 8.78 Å². The lowest BCUT2D eigenvalue weighted by molar-refractivity contribution is 0.629. The van der Waals surface area contributed by atoms with Crippen LogP contribution in [-0.4, -0.2) is 0 Å². The van der Waals surface area contributed by atoms with Crippen LogP contribution in [0.4, 0.5) is 42.9 Å². The second-order valence-corrected chi connectivity index (χ2v) is 18.9. The van der Waals surface area contributed by atoms with Crippen LogP contribution in [-0.2, 0) is 0 Å². The van der Waals surface area contributed by atoms with Crippen molar-refractivity contribution in [2.75, 3.05) is 9.80 Å². The Morgan fingerprint density at radius 1 is 0.292 bits per heavy atom. The predicted octanol–water partition coefficient (Wildman–Crippen LogP) is 19.7. The van der Waals surface area contributed by atoms with E-state index in [-0.39, 0.29) is 11.6 Å². The second kappa shape index (κ2) is 18.1. The van der Waals surface area contributed by atoms with E-state index in [4.69, 9.17) is 0 Å². The van der Waals surface area contributed by atoms with E-state index >= 15 is 8.78 Å². The first-order chi connectivity index (χ1) is 35.2. The van der Waals surface area contributed by atoms with Gasteiger partial charge in [0.2, 0.25) is 0 Å². The Bertz CT molecular complexity index is 3750. The van der Waals surface area contributed by atoms with Gasteiger partial charge in [0, 0.05) is 33.3 Å². The fraction of sp³-hybridized carbons (Fsp3) is 0.0588. The Morgan fingerprint density at radius 3 is 0.972 bits per heavy atom. The summed E-state index contributed by atoms with van der Waals surface area (Å²) in [7, 11) is 0. The first-order valence-corrected chi connectivity index (χ1v) is 24.6. The molecule has 0 saturated heterocycles. The second-order valence-electron chi connectivity index (χ2n) is 18.9. The van der Waals surface area contributed by atoms with Gasteiger partial charge in [0.25, 0.3) is 0 Å². The molecule has 0 fully saturated rings. The third-order valence-corrected chi connectivity index (χ3v) is 14.5.